The standard InChI is InChI=1S/C19H28N4OS2/c1-22-10-3-2-6-15(22)9-13-26-19-21-20-18(17-8-5-12-25-17)23(19)14-16-7-4-11-24-16/h5,8,12,15-16H,2-4,6-7,9-11,13-14H2,1H3. The Morgan fingerprint density at radius 2 is 2.23 bits per heavy atom. The summed E-state index contributed by atoms with van der Waals surface area (Å²) in [7, 11) is 2.27. The fraction of sp³-hybridized carbons (Fsp3) is 0.684. The lowest BCUT2D eigenvalue weighted by Gasteiger charge is -2.32. The number of piperidine rings is 1. The second kappa shape index (κ2) is 8.87. The Morgan fingerprint density at radius 1 is 1.27 bits per heavy atom. The lowest BCUT2D eigenvalue weighted by atomic mass is 10.0. The van der Waals surface area contributed by atoms with Gasteiger partial charge in [0.2, 0.25) is 0 Å². The van der Waals surface area contributed by atoms with Gasteiger partial charge < -0.3 is 9.64 Å². The fourth-order valence-electron chi connectivity index (χ4n) is 3.94. The van der Waals surface area contributed by atoms with Crippen molar-refractivity contribution in [3.05, 3.63) is 17.5 Å². The molecule has 2 saturated heterocycles. The van der Waals surface area contributed by atoms with Crippen molar-refractivity contribution in [2.45, 2.75) is 62.4 Å². The first kappa shape index (κ1) is 18.5. The number of aromatic nitrogens is 3. The third-order valence-electron chi connectivity index (χ3n) is 5.47. The van der Waals surface area contributed by atoms with Gasteiger partial charge >= 0.3 is 0 Å². The van der Waals surface area contributed by atoms with Crippen LogP contribution in [-0.2, 0) is 11.3 Å². The molecule has 2 aliphatic rings. The second-order valence-electron chi connectivity index (χ2n) is 7.30. The van der Waals surface area contributed by atoms with Crippen molar-refractivity contribution in [2.75, 3.05) is 26.0 Å². The predicted octanol–water partition coefficient (Wildman–Crippen LogP) is 4.15. The van der Waals surface area contributed by atoms with E-state index in [1.165, 1.54) is 37.1 Å². The van der Waals surface area contributed by atoms with Crippen LogP contribution in [0, 0.1) is 0 Å². The number of likely N-dealkylation sites (tertiary alicyclic amines) is 1. The maximum Gasteiger partial charge on any atom is 0.191 e. The number of rotatable bonds is 7. The lowest BCUT2D eigenvalue weighted by Crippen LogP contribution is -2.36. The van der Waals surface area contributed by atoms with Crippen LogP contribution < -0.4 is 0 Å². The number of hydrogen-bond acceptors (Lipinski definition) is 6. The molecule has 142 valence electrons. The Morgan fingerprint density at radius 3 is 3.00 bits per heavy atom. The SMILES string of the molecule is CN1CCCCC1CCSc1nnc(-c2cccs2)n1CC1CCCO1. The molecule has 7 heteroatoms. The Hall–Kier alpha value is -0.890. The number of nitrogens with zero attached hydrogens (tertiary/aromatic N) is 4. The normalized spacial score (nSPS) is 24.3. The van der Waals surface area contributed by atoms with Crippen molar-refractivity contribution < 1.29 is 4.74 Å². The molecule has 0 radical (unpaired) electrons. The summed E-state index contributed by atoms with van der Waals surface area (Å²) in [5.41, 5.74) is 0. The molecule has 26 heavy (non-hydrogen) atoms. The largest absolute Gasteiger partial charge is 0.376 e. The van der Waals surface area contributed by atoms with E-state index in [2.05, 4.69) is 44.2 Å². The van der Waals surface area contributed by atoms with Gasteiger partial charge in [-0.3, -0.25) is 4.57 Å². The second-order valence-corrected chi connectivity index (χ2v) is 9.31. The lowest BCUT2D eigenvalue weighted by molar-refractivity contribution is 0.0953. The maximum absolute atomic E-state index is 5.88. The number of hydrogen-bond donors (Lipinski definition) is 0. The van der Waals surface area contributed by atoms with Crippen LogP contribution in [-0.4, -0.2) is 57.8 Å². The highest BCUT2D eigenvalue weighted by Crippen LogP contribution is 2.30. The van der Waals surface area contributed by atoms with E-state index < -0.39 is 0 Å². The first-order valence-corrected chi connectivity index (χ1v) is 11.6. The molecule has 2 aliphatic heterocycles. The molecule has 0 saturated carbocycles. The van der Waals surface area contributed by atoms with Crippen LogP contribution >= 0.6 is 23.1 Å². The molecule has 2 unspecified atom stereocenters. The molecule has 4 rings (SSSR count). The smallest absolute Gasteiger partial charge is 0.191 e. The van der Waals surface area contributed by atoms with Crippen LogP contribution in [0.4, 0.5) is 0 Å². The Kier molecular flexibility index (Phi) is 6.30. The molecular weight excluding hydrogens is 364 g/mol. The van der Waals surface area contributed by atoms with E-state index in [1.807, 2.05) is 11.8 Å². The van der Waals surface area contributed by atoms with E-state index in [0.717, 1.165) is 48.8 Å². The van der Waals surface area contributed by atoms with Crippen LogP contribution in [0.1, 0.15) is 38.5 Å². The average Bonchev–Trinajstić information content (AvgIpc) is 3.39. The van der Waals surface area contributed by atoms with Crippen molar-refractivity contribution in [3.8, 4) is 10.7 Å². The topological polar surface area (TPSA) is 43.2 Å². The van der Waals surface area contributed by atoms with Gasteiger partial charge in [-0.15, -0.1) is 21.5 Å². The van der Waals surface area contributed by atoms with Crippen LogP contribution in [0.5, 0.6) is 0 Å². The van der Waals surface area contributed by atoms with Crippen molar-refractivity contribution >= 4 is 23.1 Å². The van der Waals surface area contributed by atoms with E-state index in [4.69, 9.17) is 4.74 Å². The zero-order valence-corrected chi connectivity index (χ0v) is 17.1. The number of thioether (sulfide) groups is 1. The van der Waals surface area contributed by atoms with Gasteiger partial charge in [0, 0.05) is 18.4 Å². The zero-order chi connectivity index (χ0) is 17.8. The minimum Gasteiger partial charge on any atom is -0.376 e. The van der Waals surface area contributed by atoms with Gasteiger partial charge in [0.15, 0.2) is 11.0 Å². The first-order valence-electron chi connectivity index (χ1n) is 9.73. The molecule has 2 aromatic rings. The summed E-state index contributed by atoms with van der Waals surface area (Å²) in [5, 5.41) is 12.2. The van der Waals surface area contributed by atoms with Crippen molar-refractivity contribution in [2.24, 2.45) is 0 Å². The van der Waals surface area contributed by atoms with Gasteiger partial charge in [-0.25, -0.2) is 0 Å². The molecule has 4 heterocycles. The molecule has 2 fully saturated rings. The molecule has 0 spiro atoms. The summed E-state index contributed by atoms with van der Waals surface area (Å²) in [6.07, 6.45) is 7.88. The summed E-state index contributed by atoms with van der Waals surface area (Å²) in [5.74, 6) is 2.09. The number of thiophene rings is 1. The highest BCUT2D eigenvalue weighted by atomic mass is 32.2. The summed E-state index contributed by atoms with van der Waals surface area (Å²) in [6.45, 7) is 3.00. The Bertz CT molecular complexity index is 682. The van der Waals surface area contributed by atoms with E-state index in [9.17, 15) is 0 Å². The maximum atomic E-state index is 5.88. The van der Waals surface area contributed by atoms with Gasteiger partial charge in [-0.05, 0) is 57.1 Å². The molecule has 5 nitrogen and oxygen atoms in total. The fourth-order valence-corrected chi connectivity index (χ4v) is 5.64. The van der Waals surface area contributed by atoms with Gasteiger partial charge in [0.25, 0.3) is 0 Å². The molecule has 0 amide bonds. The highest BCUT2D eigenvalue weighted by Gasteiger charge is 2.23. The first-order chi connectivity index (χ1) is 12.8. The van der Waals surface area contributed by atoms with Crippen molar-refractivity contribution in [1.82, 2.24) is 19.7 Å². The van der Waals surface area contributed by atoms with E-state index in [0.29, 0.717) is 6.10 Å². The molecule has 2 atom stereocenters. The van der Waals surface area contributed by atoms with Gasteiger partial charge in [-0.2, -0.15) is 0 Å². The summed E-state index contributed by atoms with van der Waals surface area (Å²) in [6, 6.07) is 4.94. The molecule has 0 aromatic carbocycles. The van der Waals surface area contributed by atoms with Gasteiger partial charge in [-0.1, -0.05) is 24.2 Å². The van der Waals surface area contributed by atoms with Gasteiger partial charge in [0.1, 0.15) is 0 Å². The third kappa shape index (κ3) is 4.32. The van der Waals surface area contributed by atoms with Crippen LogP contribution in [0.3, 0.4) is 0 Å². The third-order valence-corrected chi connectivity index (χ3v) is 7.34. The predicted molar refractivity (Wildman–Crippen MR) is 108 cm³/mol. The monoisotopic (exact) mass is 392 g/mol. The molecule has 2 aromatic heterocycles. The molecule has 0 N–H and O–H groups in total. The minimum absolute atomic E-state index is 0.300. The van der Waals surface area contributed by atoms with E-state index in [-0.39, 0.29) is 0 Å². The zero-order valence-electron chi connectivity index (χ0n) is 15.5. The van der Waals surface area contributed by atoms with E-state index in [1.54, 1.807) is 11.3 Å². The van der Waals surface area contributed by atoms with Crippen LogP contribution in [0.15, 0.2) is 22.7 Å². The van der Waals surface area contributed by atoms with E-state index >= 15 is 0 Å². The van der Waals surface area contributed by atoms with Crippen LogP contribution in [0.2, 0.25) is 0 Å². The Labute approximate surface area is 164 Å². The summed E-state index contributed by atoms with van der Waals surface area (Å²) in [4.78, 5) is 3.72. The average molecular weight is 393 g/mol. The van der Waals surface area contributed by atoms with Gasteiger partial charge in [0.05, 0.1) is 17.5 Å². The van der Waals surface area contributed by atoms with Crippen LogP contribution in [0.25, 0.3) is 10.7 Å². The van der Waals surface area contributed by atoms with Crippen molar-refractivity contribution in [1.29, 1.82) is 0 Å². The molecule has 0 bridgehead atoms. The Balaban J connectivity index is 1.44. The number of ether oxygens (including phenoxy) is 1. The highest BCUT2D eigenvalue weighted by molar-refractivity contribution is 7.99. The summed E-state index contributed by atoms with van der Waals surface area (Å²) >= 11 is 3.58. The molecule has 0 aliphatic carbocycles. The van der Waals surface area contributed by atoms with Crippen molar-refractivity contribution in [3.63, 3.8) is 0 Å². The summed E-state index contributed by atoms with van der Waals surface area (Å²) < 4.78 is 8.17. The quantitative estimate of drug-likeness (QED) is 0.662. The molecular formula is C19H28N4OS2. The minimum atomic E-state index is 0.300.